The number of likely N-dealkylation sites (tertiary alicyclic amines) is 1. The molecule has 4 nitrogen and oxygen atoms in total. The fourth-order valence-electron chi connectivity index (χ4n) is 3.17. The minimum atomic E-state index is 0.345. The second-order valence-electron chi connectivity index (χ2n) is 6.55. The lowest BCUT2D eigenvalue weighted by Crippen LogP contribution is -2.54. The number of carbonyl (C=O) groups is 1. The first kappa shape index (κ1) is 14.8. The van der Waals surface area contributed by atoms with Gasteiger partial charge in [0.1, 0.15) is 0 Å². The Morgan fingerprint density at radius 1 is 1.05 bits per heavy atom. The molecule has 0 N–H and O–H groups in total. The van der Waals surface area contributed by atoms with Crippen molar-refractivity contribution in [3.8, 4) is 0 Å². The minimum absolute atomic E-state index is 0.345. The van der Waals surface area contributed by atoms with E-state index in [0.29, 0.717) is 18.2 Å². The van der Waals surface area contributed by atoms with Crippen molar-refractivity contribution in [3.05, 3.63) is 0 Å². The highest BCUT2D eigenvalue weighted by molar-refractivity contribution is 5.76. The zero-order valence-corrected chi connectivity index (χ0v) is 12.8. The molecule has 19 heavy (non-hydrogen) atoms. The van der Waals surface area contributed by atoms with E-state index in [0.717, 1.165) is 32.2 Å². The third-order valence-corrected chi connectivity index (χ3v) is 4.45. The molecular formula is C15H29N3O. The molecule has 110 valence electrons. The highest BCUT2D eigenvalue weighted by Crippen LogP contribution is 2.18. The van der Waals surface area contributed by atoms with Gasteiger partial charge in [0.2, 0.25) is 5.91 Å². The molecule has 0 unspecified atom stereocenters. The maximum Gasteiger partial charge on any atom is 0.222 e. The largest absolute Gasteiger partial charge is 0.340 e. The van der Waals surface area contributed by atoms with E-state index >= 15 is 0 Å². The van der Waals surface area contributed by atoms with E-state index in [9.17, 15) is 4.79 Å². The van der Waals surface area contributed by atoms with Crippen molar-refractivity contribution in [2.45, 2.75) is 39.2 Å². The number of rotatable bonds is 3. The topological polar surface area (TPSA) is 26.8 Å². The van der Waals surface area contributed by atoms with Crippen molar-refractivity contribution in [1.29, 1.82) is 0 Å². The number of hydrogen-bond donors (Lipinski definition) is 0. The van der Waals surface area contributed by atoms with Gasteiger partial charge in [0.15, 0.2) is 0 Å². The Bertz CT molecular complexity index is 290. The molecule has 1 amide bonds. The lowest BCUT2D eigenvalue weighted by Gasteiger charge is -2.42. The average Bonchev–Trinajstić information content (AvgIpc) is 2.39. The molecule has 2 aliphatic heterocycles. The van der Waals surface area contributed by atoms with Gasteiger partial charge in [0.05, 0.1) is 0 Å². The molecule has 0 bridgehead atoms. The number of piperidine rings is 1. The van der Waals surface area contributed by atoms with E-state index in [1.807, 2.05) is 0 Å². The first-order valence-corrected chi connectivity index (χ1v) is 7.76. The zero-order chi connectivity index (χ0) is 13.8. The monoisotopic (exact) mass is 267 g/mol. The molecule has 0 radical (unpaired) electrons. The molecule has 2 aliphatic rings. The third-order valence-electron chi connectivity index (χ3n) is 4.45. The summed E-state index contributed by atoms with van der Waals surface area (Å²) in [5.41, 5.74) is 0. The second kappa shape index (κ2) is 6.71. The van der Waals surface area contributed by atoms with Crippen LogP contribution in [0, 0.1) is 5.92 Å². The molecule has 2 rings (SSSR count). The summed E-state index contributed by atoms with van der Waals surface area (Å²) in [5, 5.41) is 0. The summed E-state index contributed by atoms with van der Waals surface area (Å²) < 4.78 is 0. The average molecular weight is 267 g/mol. The van der Waals surface area contributed by atoms with Crippen molar-refractivity contribution in [2.75, 3.05) is 46.3 Å². The lowest BCUT2D eigenvalue weighted by molar-refractivity contribution is -0.134. The van der Waals surface area contributed by atoms with Crippen LogP contribution in [-0.4, -0.2) is 73.0 Å². The van der Waals surface area contributed by atoms with Gasteiger partial charge in [-0.3, -0.25) is 9.69 Å². The summed E-state index contributed by atoms with van der Waals surface area (Å²) >= 11 is 0. The summed E-state index contributed by atoms with van der Waals surface area (Å²) in [6, 6.07) is 0.749. The maximum atomic E-state index is 12.0. The Hall–Kier alpha value is -0.610. The molecule has 4 heteroatoms. The first-order chi connectivity index (χ1) is 9.06. The summed E-state index contributed by atoms with van der Waals surface area (Å²) in [6.45, 7) is 10.7. The van der Waals surface area contributed by atoms with Crippen molar-refractivity contribution in [1.82, 2.24) is 14.7 Å². The van der Waals surface area contributed by atoms with E-state index in [2.05, 4.69) is 35.6 Å². The lowest BCUT2D eigenvalue weighted by atomic mass is 10.0. The summed E-state index contributed by atoms with van der Waals surface area (Å²) in [6.07, 6.45) is 3.28. The van der Waals surface area contributed by atoms with Gasteiger partial charge < -0.3 is 9.80 Å². The summed E-state index contributed by atoms with van der Waals surface area (Å²) in [4.78, 5) is 19.1. The molecular weight excluding hydrogens is 238 g/mol. The quantitative estimate of drug-likeness (QED) is 0.770. The predicted octanol–water partition coefficient (Wildman–Crippen LogP) is 1.27. The van der Waals surface area contributed by atoms with Crippen LogP contribution in [0.4, 0.5) is 0 Å². The number of amides is 1. The first-order valence-electron chi connectivity index (χ1n) is 7.76. The van der Waals surface area contributed by atoms with E-state index in [4.69, 9.17) is 0 Å². The molecule has 2 heterocycles. The number of piperazine rings is 1. The van der Waals surface area contributed by atoms with Gasteiger partial charge in [-0.15, -0.1) is 0 Å². The van der Waals surface area contributed by atoms with Gasteiger partial charge in [0, 0.05) is 38.6 Å². The Labute approximate surface area is 117 Å². The number of hydrogen-bond acceptors (Lipinski definition) is 3. The molecule has 2 saturated heterocycles. The molecule has 0 aromatic heterocycles. The van der Waals surface area contributed by atoms with Crippen LogP contribution in [0.1, 0.15) is 33.1 Å². The smallest absolute Gasteiger partial charge is 0.222 e. The Kier molecular flexibility index (Phi) is 5.22. The van der Waals surface area contributed by atoms with Gasteiger partial charge in [-0.2, -0.15) is 0 Å². The molecule has 0 spiro atoms. The SMILES string of the molecule is CC(C)CC(=O)N1CCN(C2CCN(C)CC2)CC1. The van der Waals surface area contributed by atoms with Gasteiger partial charge in [0.25, 0.3) is 0 Å². The second-order valence-corrected chi connectivity index (χ2v) is 6.55. The predicted molar refractivity (Wildman–Crippen MR) is 78.1 cm³/mol. The molecule has 2 fully saturated rings. The Morgan fingerprint density at radius 3 is 2.16 bits per heavy atom. The highest BCUT2D eigenvalue weighted by atomic mass is 16.2. The van der Waals surface area contributed by atoms with Crippen molar-refractivity contribution in [3.63, 3.8) is 0 Å². The van der Waals surface area contributed by atoms with E-state index < -0.39 is 0 Å². The van der Waals surface area contributed by atoms with E-state index in [1.165, 1.54) is 25.9 Å². The van der Waals surface area contributed by atoms with Crippen LogP contribution in [0.5, 0.6) is 0 Å². The van der Waals surface area contributed by atoms with E-state index in [-0.39, 0.29) is 0 Å². The highest BCUT2D eigenvalue weighted by Gasteiger charge is 2.27. The van der Waals surface area contributed by atoms with Crippen LogP contribution >= 0.6 is 0 Å². The summed E-state index contributed by atoms with van der Waals surface area (Å²) in [7, 11) is 2.21. The van der Waals surface area contributed by atoms with Crippen LogP contribution in [0.3, 0.4) is 0 Å². The van der Waals surface area contributed by atoms with Crippen LogP contribution in [0.2, 0.25) is 0 Å². The zero-order valence-electron chi connectivity index (χ0n) is 12.8. The fraction of sp³-hybridized carbons (Fsp3) is 0.933. The number of nitrogens with zero attached hydrogens (tertiary/aromatic N) is 3. The van der Waals surface area contributed by atoms with E-state index in [1.54, 1.807) is 0 Å². The Balaban J connectivity index is 1.74. The van der Waals surface area contributed by atoms with Gasteiger partial charge in [-0.25, -0.2) is 0 Å². The maximum absolute atomic E-state index is 12.0. The van der Waals surface area contributed by atoms with Crippen LogP contribution in [0.25, 0.3) is 0 Å². The van der Waals surface area contributed by atoms with Crippen LogP contribution in [0.15, 0.2) is 0 Å². The van der Waals surface area contributed by atoms with Gasteiger partial charge in [-0.1, -0.05) is 13.8 Å². The van der Waals surface area contributed by atoms with Crippen molar-refractivity contribution >= 4 is 5.91 Å². The molecule has 0 aromatic rings. The molecule has 0 atom stereocenters. The van der Waals surface area contributed by atoms with Gasteiger partial charge >= 0.3 is 0 Å². The number of carbonyl (C=O) groups excluding carboxylic acids is 1. The molecule has 0 aliphatic carbocycles. The molecule has 0 aromatic carbocycles. The van der Waals surface area contributed by atoms with Gasteiger partial charge in [-0.05, 0) is 38.9 Å². The van der Waals surface area contributed by atoms with Crippen LogP contribution < -0.4 is 0 Å². The fourth-order valence-corrected chi connectivity index (χ4v) is 3.17. The third kappa shape index (κ3) is 4.18. The standard InChI is InChI=1S/C15H29N3O/c1-13(2)12-15(19)18-10-8-17(9-11-18)14-4-6-16(3)7-5-14/h13-14H,4-12H2,1-3H3. The minimum Gasteiger partial charge on any atom is -0.340 e. The summed E-state index contributed by atoms with van der Waals surface area (Å²) in [5.74, 6) is 0.817. The molecule has 0 saturated carbocycles. The van der Waals surface area contributed by atoms with Crippen molar-refractivity contribution < 1.29 is 4.79 Å². The van der Waals surface area contributed by atoms with Crippen LogP contribution in [-0.2, 0) is 4.79 Å². The normalized spacial score (nSPS) is 24.1. The van der Waals surface area contributed by atoms with Crippen molar-refractivity contribution in [2.24, 2.45) is 5.92 Å². The Morgan fingerprint density at radius 2 is 1.63 bits per heavy atom.